The van der Waals surface area contributed by atoms with Gasteiger partial charge in [0.25, 0.3) is 0 Å². The van der Waals surface area contributed by atoms with Crippen LogP contribution in [-0.2, 0) is 9.53 Å². The Morgan fingerprint density at radius 1 is 1.26 bits per heavy atom. The minimum Gasteiger partial charge on any atom is -0.378 e. The number of carbonyl (C=O) groups excluding carboxylic acids is 1. The third kappa shape index (κ3) is 5.89. The van der Waals surface area contributed by atoms with E-state index in [1.807, 2.05) is 0 Å². The Hall–Kier alpha value is -0.650. The maximum absolute atomic E-state index is 11.8. The third-order valence-corrected chi connectivity index (χ3v) is 3.88. The van der Waals surface area contributed by atoms with Gasteiger partial charge in [0.05, 0.1) is 13.2 Å². The van der Waals surface area contributed by atoms with Gasteiger partial charge in [0.1, 0.15) is 0 Å². The van der Waals surface area contributed by atoms with E-state index in [9.17, 15) is 4.79 Å². The van der Waals surface area contributed by atoms with Gasteiger partial charge >= 0.3 is 0 Å². The standard InChI is InChI=1S/C14H27N3O2/c18-14(11-13-12-19-10-6-15-13)16-5-9-17-7-3-1-2-4-8-17/h13,15H,1-12H2,(H,16,18). The van der Waals surface area contributed by atoms with E-state index in [1.165, 1.54) is 38.8 Å². The molecule has 19 heavy (non-hydrogen) atoms. The van der Waals surface area contributed by atoms with Crippen LogP contribution >= 0.6 is 0 Å². The summed E-state index contributed by atoms with van der Waals surface area (Å²) < 4.78 is 5.35. The predicted octanol–water partition coefficient (Wildman–Crippen LogP) is 0.357. The number of hydrogen-bond donors (Lipinski definition) is 2. The van der Waals surface area contributed by atoms with Gasteiger partial charge in [-0.2, -0.15) is 0 Å². The van der Waals surface area contributed by atoms with Crippen molar-refractivity contribution < 1.29 is 9.53 Å². The summed E-state index contributed by atoms with van der Waals surface area (Å²) in [4.78, 5) is 14.3. The highest BCUT2D eigenvalue weighted by Gasteiger charge is 2.16. The quantitative estimate of drug-likeness (QED) is 0.756. The van der Waals surface area contributed by atoms with Crippen molar-refractivity contribution in [1.82, 2.24) is 15.5 Å². The van der Waals surface area contributed by atoms with Crippen LogP contribution in [0.3, 0.4) is 0 Å². The highest BCUT2D eigenvalue weighted by molar-refractivity contribution is 5.76. The fourth-order valence-electron chi connectivity index (χ4n) is 2.76. The van der Waals surface area contributed by atoms with Crippen LogP contribution in [0.15, 0.2) is 0 Å². The molecule has 1 atom stereocenters. The first-order valence-corrected chi connectivity index (χ1v) is 7.65. The summed E-state index contributed by atoms with van der Waals surface area (Å²) in [5, 5.41) is 6.32. The molecule has 2 rings (SSSR count). The van der Waals surface area contributed by atoms with Gasteiger partial charge < -0.3 is 20.3 Å². The van der Waals surface area contributed by atoms with E-state index in [-0.39, 0.29) is 11.9 Å². The summed E-state index contributed by atoms with van der Waals surface area (Å²) in [7, 11) is 0. The number of morpholine rings is 1. The second-order valence-corrected chi connectivity index (χ2v) is 5.54. The molecule has 0 aromatic rings. The Balaban J connectivity index is 1.55. The molecule has 0 bridgehead atoms. The van der Waals surface area contributed by atoms with Crippen molar-refractivity contribution in [2.45, 2.75) is 38.1 Å². The zero-order valence-corrected chi connectivity index (χ0v) is 11.8. The monoisotopic (exact) mass is 269 g/mol. The lowest BCUT2D eigenvalue weighted by molar-refractivity contribution is -0.122. The second kappa shape index (κ2) is 8.51. The van der Waals surface area contributed by atoms with Crippen LogP contribution in [0, 0.1) is 0 Å². The highest BCUT2D eigenvalue weighted by Crippen LogP contribution is 2.08. The van der Waals surface area contributed by atoms with E-state index in [4.69, 9.17) is 4.74 Å². The Bertz CT molecular complexity index is 259. The van der Waals surface area contributed by atoms with Gasteiger partial charge in [-0.3, -0.25) is 4.79 Å². The van der Waals surface area contributed by atoms with Gasteiger partial charge in [0.2, 0.25) is 5.91 Å². The Kier molecular flexibility index (Phi) is 6.61. The van der Waals surface area contributed by atoms with Gasteiger partial charge in [-0.25, -0.2) is 0 Å². The molecule has 2 fully saturated rings. The van der Waals surface area contributed by atoms with E-state index in [2.05, 4.69) is 15.5 Å². The summed E-state index contributed by atoms with van der Waals surface area (Å²) in [5.74, 6) is 0.137. The second-order valence-electron chi connectivity index (χ2n) is 5.54. The zero-order valence-electron chi connectivity index (χ0n) is 11.8. The van der Waals surface area contributed by atoms with E-state index >= 15 is 0 Å². The molecule has 1 unspecified atom stereocenters. The average Bonchev–Trinajstić information content (AvgIpc) is 2.68. The SMILES string of the molecule is O=C(CC1COCCN1)NCCN1CCCCCC1. The van der Waals surface area contributed by atoms with Gasteiger partial charge in [-0.05, 0) is 25.9 Å². The first-order chi connectivity index (χ1) is 9.34. The smallest absolute Gasteiger partial charge is 0.221 e. The first-order valence-electron chi connectivity index (χ1n) is 7.65. The van der Waals surface area contributed by atoms with Crippen LogP contribution in [0.25, 0.3) is 0 Å². The van der Waals surface area contributed by atoms with E-state index in [1.54, 1.807) is 0 Å². The maximum atomic E-state index is 11.8. The molecule has 0 aliphatic carbocycles. The van der Waals surface area contributed by atoms with Crippen molar-refractivity contribution in [1.29, 1.82) is 0 Å². The largest absolute Gasteiger partial charge is 0.378 e. The Morgan fingerprint density at radius 2 is 2.05 bits per heavy atom. The van der Waals surface area contributed by atoms with Gasteiger partial charge in [-0.15, -0.1) is 0 Å². The van der Waals surface area contributed by atoms with Crippen LogP contribution in [-0.4, -0.2) is 62.8 Å². The average molecular weight is 269 g/mol. The molecule has 0 radical (unpaired) electrons. The number of amides is 1. The van der Waals surface area contributed by atoms with Gasteiger partial charge in [0.15, 0.2) is 0 Å². The number of nitrogens with zero attached hydrogens (tertiary/aromatic N) is 1. The topological polar surface area (TPSA) is 53.6 Å². The Labute approximate surface area is 116 Å². The summed E-state index contributed by atoms with van der Waals surface area (Å²) in [6.07, 6.45) is 5.85. The van der Waals surface area contributed by atoms with Crippen molar-refractivity contribution in [3.05, 3.63) is 0 Å². The third-order valence-electron chi connectivity index (χ3n) is 3.88. The van der Waals surface area contributed by atoms with Crippen LogP contribution in [0.5, 0.6) is 0 Å². The number of rotatable bonds is 5. The molecule has 5 nitrogen and oxygen atoms in total. The van der Waals surface area contributed by atoms with E-state index < -0.39 is 0 Å². The van der Waals surface area contributed by atoms with Crippen LogP contribution in [0.2, 0.25) is 0 Å². The predicted molar refractivity (Wildman–Crippen MR) is 75.1 cm³/mol. The number of carbonyl (C=O) groups is 1. The van der Waals surface area contributed by atoms with Gasteiger partial charge in [-0.1, -0.05) is 12.8 Å². The molecule has 2 aliphatic rings. The maximum Gasteiger partial charge on any atom is 0.221 e. The number of hydrogen-bond acceptors (Lipinski definition) is 4. The van der Waals surface area contributed by atoms with E-state index in [0.29, 0.717) is 13.0 Å². The fourth-order valence-corrected chi connectivity index (χ4v) is 2.76. The lowest BCUT2D eigenvalue weighted by Gasteiger charge is -2.24. The molecule has 110 valence electrons. The fraction of sp³-hybridized carbons (Fsp3) is 0.929. The summed E-state index contributed by atoms with van der Waals surface area (Å²) in [6.45, 7) is 6.40. The summed E-state index contributed by atoms with van der Waals surface area (Å²) in [5.41, 5.74) is 0. The molecule has 0 aromatic carbocycles. The molecular formula is C14H27N3O2. The molecule has 1 amide bonds. The first kappa shape index (κ1) is 14.8. The molecule has 2 N–H and O–H groups in total. The number of likely N-dealkylation sites (tertiary alicyclic amines) is 1. The Morgan fingerprint density at radius 3 is 2.74 bits per heavy atom. The molecular weight excluding hydrogens is 242 g/mol. The van der Waals surface area contributed by atoms with Crippen molar-refractivity contribution in [2.75, 3.05) is 45.9 Å². The molecule has 2 saturated heterocycles. The van der Waals surface area contributed by atoms with Gasteiger partial charge in [0, 0.05) is 32.1 Å². The minimum absolute atomic E-state index is 0.137. The molecule has 2 heterocycles. The zero-order chi connectivity index (χ0) is 13.3. The molecule has 0 spiro atoms. The minimum atomic E-state index is 0.137. The molecule has 2 aliphatic heterocycles. The van der Waals surface area contributed by atoms with Crippen LogP contribution in [0.4, 0.5) is 0 Å². The molecule has 0 saturated carbocycles. The van der Waals surface area contributed by atoms with Crippen molar-refractivity contribution in [2.24, 2.45) is 0 Å². The summed E-state index contributed by atoms with van der Waals surface area (Å²) >= 11 is 0. The molecule has 0 aromatic heterocycles. The van der Waals surface area contributed by atoms with Crippen molar-refractivity contribution in [3.8, 4) is 0 Å². The van der Waals surface area contributed by atoms with Crippen LogP contribution < -0.4 is 10.6 Å². The number of ether oxygens (including phenoxy) is 1. The highest BCUT2D eigenvalue weighted by atomic mass is 16.5. The summed E-state index contributed by atoms with van der Waals surface area (Å²) in [6, 6.07) is 0.187. The normalized spacial score (nSPS) is 25.8. The van der Waals surface area contributed by atoms with Crippen molar-refractivity contribution >= 4 is 5.91 Å². The van der Waals surface area contributed by atoms with Crippen molar-refractivity contribution in [3.63, 3.8) is 0 Å². The van der Waals surface area contributed by atoms with Crippen LogP contribution in [0.1, 0.15) is 32.1 Å². The van der Waals surface area contributed by atoms with E-state index in [0.717, 1.165) is 26.2 Å². The molecule has 5 heteroatoms. The lowest BCUT2D eigenvalue weighted by atomic mass is 10.2. The lowest BCUT2D eigenvalue weighted by Crippen LogP contribution is -2.45. The number of nitrogens with one attached hydrogen (secondary N) is 2.